The largest absolute Gasteiger partial charge is 0.379 e. The van der Waals surface area contributed by atoms with Crippen LogP contribution < -0.4 is 5.32 Å². The minimum Gasteiger partial charge on any atom is -0.379 e. The number of rotatable bonds is 6. The lowest BCUT2D eigenvalue weighted by Gasteiger charge is -2.22. The molecule has 0 saturated carbocycles. The summed E-state index contributed by atoms with van der Waals surface area (Å²) in [5.41, 5.74) is 1.24. The lowest BCUT2D eigenvalue weighted by atomic mass is 10.0. The van der Waals surface area contributed by atoms with Crippen molar-refractivity contribution in [2.24, 2.45) is 0 Å². The zero-order chi connectivity index (χ0) is 13.0. The van der Waals surface area contributed by atoms with E-state index in [1.54, 1.807) is 0 Å². The quantitative estimate of drug-likeness (QED) is 0.844. The Balaban J connectivity index is 1.90. The van der Waals surface area contributed by atoms with Gasteiger partial charge in [-0.15, -0.1) is 0 Å². The van der Waals surface area contributed by atoms with Gasteiger partial charge in [-0.1, -0.05) is 13.8 Å². The molecule has 0 amide bonds. The van der Waals surface area contributed by atoms with Crippen LogP contribution in [0.25, 0.3) is 0 Å². The van der Waals surface area contributed by atoms with Gasteiger partial charge >= 0.3 is 0 Å². The van der Waals surface area contributed by atoms with E-state index in [9.17, 15) is 0 Å². The smallest absolute Gasteiger partial charge is 0.0762 e. The number of ether oxygens (including phenoxy) is 1. The molecule has 1 aliphatic rings. The third-order valence-electron chi connectivity index (χ3n) is 3.90. The zero-order valence-corrected chi connectivity index (χ0v) is 11.8. The van der Waals surface area contributed by atoms with Gasteiger partial charge < -0.3 is 10.1 Å². The average Bonchev–Trinajstić information content (AvgIpc) is 2.99. The Morgan fingerprint density at radius 1 is 1.50 bits per heavy atom. The number of nitrogens with one attached hydrogen (secondary N) is 1. The lowest BCUT2D eigenvalue weighted by Crippen LogP contribution is -2.42. The number of hydrogen-bond acceptors (Lipinski definition) is 3. The van der Waals surface area contributed by atoms with E-state index in [1.807, 2.05) is 0 Å². The second-order valence-corrected chi connectivity index (χ2v) is 5.47. The molecular formula is C14H25N3O. The van der Waals surface area contributed by atoms with Crippen molar-refractivity contribution >= 4 is 0 Å². The molecule has 1 atom stereocenters. The Kier molecular flexibility index (Phi) is 4.40. The average molecular weight is 251 g/mol. The summed E-state index contributed by atoms with van der Waals surface area (Å²) >= 11 is 0. The maximum Gasteiger partial charge on any atom is 0.0762 e. The minimum atomic E-state index is 0.124. The van der Waals surface area contributed by atoms with Crippen LogP contribution in [0.15, 0.2) is 12.3 Å². The normalized spacial score (nSPS) is 24.0. The molecule has 0 bridgehead atoms. The molecule has 0 spiro atoms. The van der Waals surface area contributed by atoms with Gasteiger partial charge in [-0.25, -0.2) is 0 Å². The first-order valence-electron chi connectivity index (χ1n) is 7.03. The van der Waals surface area contributed by atoms with Crippen molar-refractivity contribution in [3.63, 3.8) is 0 Å². The molecule has 2 rings (SSSR count). The summed E-state index contributed by atoms with van der Waals surface area (Å²) < 4.78 is 7.54. The third-order valence-corrected chi connectivity index (χ3v) is 3.90. The van der Waals surface area contributed by atoms with E-state index in [4.69, 9.17) is 4.74 Å². The molecule has 0 aliphatic carbocycles. The maximum atomic E-state index is 5.44. The van der Waals surface area contributed by atoms with Crippen LogP contribution in [0.1, 0.15) is 51.8 Å². The van der Waals surface area contributed by atoms with Gasteiger partial charge in [-0.05, 0) is 32.3 Å². The van der Waals surface area contributed by atoms with Gasteiger partial charge in [0.15, 0.2) is 0 Å². The Bertz CT molecular complexity index is 365. The van der Waals surface area contributed by atoms with Crippen LogP contribution >= 0.6 is 0 Å². The van der Waals surface area contributed by atoms with Crippen molar-refractivity contribution in [2.45, 2.75) is 58.2 Å². The summed E-state index contributed by atoms with van der Waals surface area (Å²) in [6.45, 7) is 9.15. The van der Waals surface area contributed by atoms with Crippen molar-refractivity contribution in [1.82, 2.24) is 15.1 Å². The van der Waals surface area contributed by atoms with Crippen molar-refractivity contribution in [3.8, 4) is 0 Å². The Morgan fingerprint density at radius 3 is 2.89 bits per heavy atom. The van der Waals surface area contributed by atoms with Crippen LogP contribution in [0.5, 0.6) is 0 Å². The third kappa shape index (κ3) is 3.12. The zero-order valence-electron chi connectivity index (χ0n) is 11.8. The lowest BCUT2D eigenvalue weighted by molar-refractivity contribution is 0.171. The van der Waals surface area contributed by atoms with E-state index in [2.05, 4.69) is 48.1 Å². The van der Waals surface area contributed by atoms with E-state index in [0.717, 1.165) is 44.7 Å². The summed E-state index contributed by atoms with van der Waals surface area (Å²) in [5.74, 6) is 0. The van der Waals surface area contributed by atoms with Crippen LogP contribution in [-0.2, 0) is 11.3 Å². The summed E-state index contributed by atoms with van der Waals surface area (Å²) in [6, 6.07) is 2.65. The molecule has 1 aromatic heterocycles. The van der Waals surface area contributed by atoms with Gasteiger partial charge in [-0.3, -0.25) is 4.68 Å². The van der Waals surface area contributed by atoms with E-state index in [0.29, 0.717) is 6.04 Å². The number of hydrogen-bond donors (Lipinski definition) is 1. The van der Waals surface area contributed by atoms with Crippen LogP contribution in [-0.4, -0.2) is 28.5 Å². The van der Waals surface area contributed by atoms with Gasteiger partial charge in [0, 0.05) is 24.9 Å². The summed E-state index contributed by atoms with van der Waals surface area (Å²) in [7, 11) is 0. The van der Waals surface area contributed by atoms with Crippen LogP contribution in [0.2, 0.25) is 0 Å². The number of nitrogens with zero attached hydrogens (tertiary/aromatic N) is 2. The Hall–Kier alpha value is -0.870. The van der Waals surface area contributed by atoms with Crippen LogP contribution in [0.4, 0.5) is 0 Å². The summed E-state index contributed by atoms with van der Waals surface area (Å²) in [5, 5.41) is 8.22. The molecule has 18 heavy (non-hydrogen) atoms. The molecular weight excluding hydrogens is 226 g/mol. The minimum absolute atomic E-state index is 0.124. The molecule has 1 unspecified atom stereocenters. The predicted octanol–water partition coefficient (Wildman–Crippen LogP) is 2.51. The molecule has 4 nitrogen and oxygen atoms in total. The first-order valence-corrected chi connectivity index (χ1v) is 7.03. The van der Waals surface area contributed by atoms with Crippen LogP contribution in [0, 0.1) is 0 Å². The highest BCUT2D eigenvalue weighted by Gasteiger charge is 2.28. The molecule has 2 heterocycles. The van der Waals surface area contributed by atoms with E-state index >= 15 is 0 Å². The van der Waals surface area contributed by atoms with Gasteiger partial charge in [-0.2, -0.15) is 5.10 Å². The Labute approximate surface area is 110 Å². The molecule has 0 aromatic carbocycles. The molecule has 1 aliphatic heterocycles. The highest BCUT2D eigenvalue weighted by molar-refractivity contribution is 5.01. The van der Waals surface area contributed by atoms with E-state index < -0.39 is 0 Å². The standard InChI is InChI=1S/C14H25N3O/c1-4-13(5-2)17-8-6-12(16-17)10-15-14(3)7-9-18-11-14/h6,8,13,15H,4-5,7,9-11H2,1-3H3. The molecule has 1 saturated heterocycles. The van der Waals surface area contributed by atoms with E-state index in [1.165, 1.54) is 0 Å². The molecule has 102 valence electrons. The molecule has 1 aromatic rings. The molecule has 1 fully saturated rings. The fourth-order valence-corrected chi connectivity index (χ4v) is 2.45. The summed E-state index contributed by atoms with van der Waals surface area (Å²) in [4.78, 5) is 0. The topological polar surface area (TPSA) is 39.1 Å². The van der Waals surface area contributed by atoms with Crippen molar-refractivity contribution in [1.29, 1.82) is 0 Å². The van der Waals surface area contributed by atoms with Gasteiger partial charge in [0.2, 0.25) is 0 Å². The fraction of sp³-hybridized carbons (Fsp3) is 0.786. The number of aromatic nitrogens is 2. The van der Waals surface area contributed by atoms with Crippen molar-refractivity contribution in [2.75, 3.05) is 13.2 Å². The highest BCUT2D eigenvalue weighted by atomic mass is 16.5. The fourth-order valence-electron chi connectivity index (χ4n) is 2.45. The first-order chi connectivity index (χ1) is 8.67. The highest BCUT2D eigenvalue weighted by Crippen LogP contribution is 2.18. The van der Waals surface area contributed by atoms with E-state index in [-0.39, 0.29) is 5.54 Å². The summed E-state index contributed by atoms with van der Waals surface area (Å²) in [6.07, 6.45) is 5.45. The predicted molar refractivity (Wildman–Crippen MR) is 72.5 cm³/mol. The first kappa shape index (κ1) is 13.6. The van der Waals surface area contributed by atoms with Gasteiger partial charge in [0.05, 0.1) is 18.3 Å². The second kappa shape index (κ2) is 5.85. The molecule has 1 N–H and O–H groups in total. The SMILES string of the molecule is CCC(CC)n1ccc(CNC2(C)CCOC2)n1. The van der Waals surface area contributed by atoms with Crippen molar-refractivity contribution in [3.05, 3.63) is 18.0 Å². The maximum absolute atomic E-state index is 5.44. The van der Waals surface area contributed by atoms with Crippen LogP contribution in [0.3, 0.4) is 0 Å². The van der Waals surface area contributed by atoms with Crippen molar-refractivity contribution < 1.29 is 4.74 Å². The monoisotopic (exact) mass is 251 g/mol. The Morgan fingerprint density at radius 2 is 2.28 bits per heavy atom. The van der Waals surface area contributed by atoms with Gasteiger partial charge in [0.1, 0.15) is 0 Å². The van der Waals surface area contributed by atoms with Gasteiger partial charge in [0.25, 0.3) is 0 Å². The molecule has 4 heteroatoms. The second-order valence-electron chi connectivity index (χ2n) is 5.47. The molecule has 0 radical (unpaired) electrons.